The molecule has 0 radical (unpaired) electrons. The van der Waals surface area contributed by atoms with E-state index in [9.17, 15) is 18.8 Å². The molecule has 1 aromatic heterocycles. The van der Waals surface area contributed by atoms with Crippen molar-refractivity contribution in [1.82, 2.24) is 15.5 Å². The molecular formula is C27H22FN5O3S2. The molecule has 0 aliphatic carbocycles. The summed E-state index contributed by atoms with van der Waals surface area (Å²) in [6, 6.07) is 21.0. The molecule has 8 nitrogen and oxygen atoms in total. The molecule has 0 saturated heterocycles. The molecule has 3 N–H and O–H groups in total. The van der Waals surface area contributed by atoms with Crippen LogP contribution in [0.4, 0.5) is 15.2 Å². The van der Waals surface area contributed by atoms with Gasteiger partial charge in [0.1, 0.15) is 16.5 Å². The van der Waals surface area contributed by atoms with Crippen molar-refractivity contribution >= 4 is 57.7 Å². The second-order valence-corrected chi connectivity index (χ2v) is 10.1. The van der Waals surface area contributed by atoms with Gasteiger partial charge in [0.05, 0.1) is 5.75 Å². The molecule has 4 aromatic rings. The molecule has 192 valence electrons. The third-order valence-electron chi connectivity index (χ3n) is 4.94. The van der Waals surface area contributed by atoms with Crippen molar-refractivity contribution in [2.75, 3.05) is 16.4 Å². The van der Waals surface area contributed by atoms with Crippen molar-refractivity contribution in [2.45, 2.75) is 11.8 Å². The van der Waals surface area contributed by atoms with Crippen LogP contribution in [-0.2, 0) is 9.59 Å². The van der Waals surface area contributed by atoms with Gasteiger partial charge in [0.15, 0.2) is 0 Å². The van der Waals surface area contributed by atoms with Crippen LogP contribution in [0.25, 0.3) is 6.08 Å². The second-order valence-electron chi connectivity index (χ2n) is 7.87. The number of carbonyl (C=O) groups excluding carboxylic acids is 3. The van der Waals surface area contributed by atoms with Gasteiger partial charge in [0.2, 0.25) is 11.0 Å². The van der Waals surface area contributed by atoms with Gasteiger partial charge in [0, 0.05) is 16.1 Å². The molecule has 0 saturated carbocycles. The maximum absolute atomic E-state index is 13.4. The lowest BCUT2D eigenvalue weighted by molar-refractivity contribution is -0.114. The van der Waals surface area contributed by atoms with Crippen molar-refractivity contribution in [3.63, 3.8) is 0 Å². The van der Waals surface area contributed by atoms with Crippen LogP contribution in [-0.4, -0.2) is 33.7 Å². The zero-order valence-electron chi connectivity index (χ0n) is 20.1. The maximum atomic E-state index is 13.4. The minimum atomic E-state index is -0.565. The largest absolute Gasteiger partial charge is 0.321 e. The van der Waals surface area contributed by atoms with Gasteiger partial charge in [-0.1, -0.05) is 47.7 Å². The van der Waals surface area contributed by atoms with Crippen molar-refractivity contribution < 1.29 is 18.8 Å². The second kappa shape index (κ2) is 12.7. The van der Waals surface area contributed by atoms with Crippen LogP contribution in [0.1, 0.15) is 20.9 Å². The highest BCUT2D eigenvalue weighted by Crippen LogP contribution is 2.23. The summed E-state index contributed by atoms with van der Waals surface area (Å²) >= 11 is 2.58. The number of thioether (sulfide) groups is 1. The molecule has 3 aromatic carbocycles. The topological polar surface area (TPSA) is 113 Å². The zero-order chi connectivity index (χ0) is 26.9. The summed E-state index contributed by atoms with van der Waals surface area (Å²) in [6.07, 6.45) is 1.47. The molecule has 0 fully saturated rings. The highest BCUT2D eigenvalue weighted by Gasteiger charge is 2.16. The van der Waals surface area contributed by atoms with Gasteiger partial charge in [-0.15, -0.1) is 22.0 Å². The van der Waals surface area contributed by atoms with Crippen LogP contribution in [0.5, 0.6) is 0 Å². The Hall–Kier alpha value is -4.35. The number of carbonyl (C=O) groups is 3. The Morgan fingerprint density at radius 1 is 0.947 bits per heavy atom. The molecule has 0 bridgehead atoms. The van der Waals surface area contributed by atoms with E-state index in [1.807, 2.05) is 6.07 Å². The van der Waals surface area contributed by atoms with Crippen LogP contribution in [0.2, 0.25) is 0 Å². The summed E-state index contributed by atoms with van der Waals surface area (Å²) in [5.74, 6) is -1.53. The number of anilines is 2. The van der Waals surface area contributed by atoms with Gasteiger partial charge in [-0.2, -0.15) is 0 Å². The van der Waals surface area contributed by atoms with E-state index in [0.29, 0.717) is 21.9 Å². The Labute approximate surface area is 226 Å². The van der Waals surface area contributed by atoms with E-state index in [1.165, 1.54) is 53.4 Å². The first-order chi connectivity index (χ1) is 18.4. The van der Waals surface area contributed by atoms with Crippen molar-refractivity contribution in [2.24, 2.45) is 0 Å². The summed E-state index contributed by atoms with van der Waals surface area (Å²) in [5.41, 5.74) is 1.37. The Bertz CT molecular complexity index is 1470. The number of nitrogens with zero attached hydrogens (tertiary/aromatic N) is 2. The number of rotatable bonds is 9. The maximum Gasteiger partial charge on any atom is 0.272 e. The number of benzene rings is 3. The van der Waals surface area contributed by atoms with Crippen LogP contribution >= 0.6 is 23.1 Å². The predicted molar refractivity (Wildman–Crippen MR) is 147 cm³/mol. The summed E-state index contributed by atoms with van der Waals surface area (Å²) in [7, 11) is 0. The van der Waals surface area contributed by atoms with Gasteiger partial charge >= 0.3 is 0 Å². The van der Waals surface area contributed by atoms with Gasteiger partial charge in [0.25, 0.3) is 11.8 Å². The average Bonchev–Trinajstić information content (AvgIpc) is 3.33. The molecule has 0 aliphatic heterocycles. The van der Waals surface area contributed by atoms with E-state index in [2.05, 4.69) is 26.1 Å². The van der Waals surface area contributed by atoms with Gasteiger partial charge in [-0.3, -0.25) is 19.7 Å². The fourth-order valence-electron chi connectivity index (χ4n) is 3.18. The number of halogens is 1. The Morgan fingerprint density at radius 2 is 1.71 bits per heavy atom. The first kappa shape index (κ1) is 26.7. The minimum absolute atomic E-state index is 0.0183. The van der Waals surface area contributed by atoms with Crippen molar-refractivity contribution in [1.29, 1.82) is 0 Å². The quantitative estimate of drug-likeness (QED) is 0.198. The molecule has 4 rings (SSSR count). The summed E-state index contributed by atoms with van der Waals surface area (Å²) in [6.45, 7) is 1.80. The van der Waals surface area contributed by atoms with Crippen LogP contribution in [0.15, 0.2) is 89.5 Å². The molecule has 1 heterocycles. The number of amides is 3. The van der Waals surface area contributed by atoms with Gasteiger partial charge in [-0.25, -0.2) is 4.39 Å². The van der Waals surface area contributed by atoms with E-state index in [1.54, 1.807) is 55.5 Å². The molecule has 0 spiro atoms. The third-order valence-corrected chi connectivity index (χ3v) is 6.69. The highest BCUT2D eigenvalue weighted by molar-refractivity contribution is 8.00. The normalized spacial score (nSPS) is 11.1. The molecule has 0 aliphatic rings. The SMILES string of the molecule is Cc1nnc(NC(=O)CSc2cccc(NC(=O)/C(=C/c3ccc(F)cc3)NC(=O)c3ccccc3)c2)s1. The number of hydrogen-bond acceptors (Lipinski definition) is 7. The van der Waals surface area contributed by atoms with Crippen LogP contribution in [0, 0.1) is 12.7 Å². The van der Waals surface area contributed by atoms with Crippen molar-refractivity contribution in [3.05, 3.63) is 107 Å². The number of nitrogens with one attached hydrogen (secondary N) is 3. The van der Waals surface area contributed by atoms with E-state index >= 15 is 0 Å². The number of aromatic nitrogens is 2. The lowest BCUT2D eigenvalue weighted by Crippen LogP contribution is -2.30. The van der Waals surface area contributed by atoms with Crippen LogP contribution in [0.3, 0.4) is 0 Å². The van der Waals surface area contributed by atoms with E-state index < -0.39 is 17.6 Å². The monoisotopic (exact) mass is 547 g/mol. The summed E-state index contributed by atoms with van der Waals surface area (Å²) in [5, 5.41) is 17.0. The zero-order valence-corrected chi connectivity index (χ0v) is 21.7. The van der Waals surface area contributed by atoms with Gasteiger partial charge in [-0.05, 0) is 61.0 Å². The summed E-state index contributed by atoms with van der Waals surface area (Å²) < 4.78 is 13.4. The predicted octanol–water partition coefficient (Wildman–Crippen LogP) is 5.13. The minimum Gasteiger partial charge on any atom is -0.321 e. The molecule has 3 amide bonds. The fraction of sp³-hybridized carbons (Fsp3) is 0.0741. The summed E-state index contributed by atoms with van der Waals surface area (Å²) in [4.78, 5) is 38.9. The number of hydrogen-bond donors (Lipinski definition) is 3. The lowest BCUT2D eigenvalue weighted by Gasteiger charge is -2.12. The fourth-order valence-corrected chi connectivity index (χ4v) is 4.54. The Morgan fingerprint density at radius 3 is 2.42 bits per heavy atom. The third kappa shape index (κ3) is 7.82. The molecule has 38 heavy (non-hydrogen) atoms. The standard InChI is InChI=1S/C27H22FN5O3S2/c1-17-32-33-27(38-17)31-24(34)16-37-22-9-5-8-21(15-22)29-26(36)23(14-18-10-12-20(28)13-11-18)30-25(35)19-6-3-2-4-7-19/h2-15H,16H2,1H3,(H,29,36)(H,30,35)(H,31,33,34)/b23-14-. The first-order valence-corrected chi connectivity index (χ1v) is 13.1. The smallest absolute Gasteiger partial charge is 0.272 e. The first-order valence-electron chi connectivity index (χ1n) is 11.3. The van der Waals surface area contributed by atoms with Crippen LogP contribution < -0.4 is 16.0 Å². The number of aryl methyl sites for hydroxylation is 1. The van der Waals surface area contributed by atoms with Crippen molar-refractivity contribution in [3.8, 4) is 0 Å². The molecular weight excluding hydrogens is 525 g/mol. The molecule has 0 atom stereocenters. The average molecular weight is 548 g/mol. The molecule has 11 heteroatoms. The lowest BCUT2D eigenvalue weighted by atomic mass is 10.1. The molecule has 0 unspecified atom stereocenters. The Kier molecular flexibility index (Phi) is 8.96. The van der Waals surface area contributed by atoms with Gasteiger partial charge < -0.3 is 10.6 Å². The highest BCUT2D eigenvalue weighted by atomic mass is 32.2. The van der Waals surface area contributed by atoms with E-state index in [0.717, 1.165) is 9.90 Å². The van der Waals surface area contributed by atoms with E-state index in [4.69, 9.17) is 0 Å². The van der Waals surface area contributed by atoms with E-state index in [-0.39, 0.29) is 17.4 Å². The Balaban J connectivity index is 1.45.